The normalized spacial score (nSPS) is 15.2. The van der Waals surface area contributed by atoms with Crippen LogP contribution in [-0.2, 0) is 19.1 Å². The van der Waals surface area contributed by atoms with Crippen LogP contribution in [0.3, 0.4) is 0 Å². The first kappa shape index (κ1) is 13.1. The molecule has 90 valence electrons. The molecule has 0 aliphatic heterocycles. The fraction of sp³-hybridized carbons (Fsp3) is 0.583. The van der Waals surface area contributed by atoms with E-state index in [4.69, 9.17) is 10.00 Å². The largest absolute Gasteiger partial charge is 0.456 e. The number of ether oxygens (including phenoxy) is 2. The first-order chi connectivity index (χ1) is 8.00. The molecule has 1 rings (SSSR count). The van der Waals surface area contributed by atoms with Crippen molar-refractivity contribution >= 4 is 11.9 Å². The third-order valence-corrected chi connectivity index (χ3v) is 2.20. The number of rotatable bonds is 3. The number of hydrogen-bond donors (Lipinski definition) is 0. The third kappa shape index (κ3) is 3.81. The lowest BCUT2D eigenvalue weighted by Gasteiger charge is -2.02. The Morgan fingerprint density at radius 2 is 2.06 bits per heavy atom. The van der Waals surface area contributed by atoms with Crippen molar-refractivity contribution in [3.63, 3.8) is 0 Å². The topological polar surface area (TPSA) is 76.4 Å². The van der Waals surface area contributed by atoms with Crippen molar-refractivity contribution in [1.82, 2.24) is 0 Å². The third-order valence-electron chi connectivity index (χ3n) is 2.20. The van der Waals surface area contributed by atoms with Gasteiger partial charge in [-0.05, 0) is 18.8 Å². The quantitative estimate of drug-likeness (QED) is 0.538. The molecular formula is C12H13NO4. The molecule has 0 N–H and O–H groups in total. The van der Waals surface area contributed by atoms with Gasteiger partial charge in [0.15, 0.2) is 5.41 Å². The van der Waals surface area contributed by atoms with Gasteiger partial charge in [0.1, 0.15) is 6.11 Å². The molecule has 0 aromatic rings. The SMILES string of the molecule is CC(C)COC(=O)C#COC(=O)C1(C#N)CC1. The zero-order valence-corrected chi connectivity index (χ0v) is 9.78. The van der Waals surface area contributed by atoms with Crippen LogP contribution in [0.5, 0.6) is 0 Å². The van der Waals surface area contributed by atoms with Gasteiger partial charge >= 0.3 is 11.9 Å². The van der Waals surface area contributed by atoms with Gasteiger partial charge < -0.3 is 9.47 Å². The van der Waals surface area contributed by atoms with Crippen LogP contribution in [0.15, 0.2) is 0 Å². The van der Waals surface area contributed by atoms with Gasteiger partial charge in [-0.15, -0.1) is 0 Å². The molecule has 0 radical (unpaired) electrons. The smallest absolute Gasteiger partial charge is 0.387 e. The molecule has 0 saturated heterocycles. The van der Waals surface area contributed by atoms with Crippen LogP contribution in [0.4, 0.5) is 0 Å². The average molecular weight is 235 g/mol. The molecule has 0 amide bonds. The van der Waals surface area contributed by atoms with Crippen molar-refractivity contribution < 1.29 is 19.1 Å². The van der Waals surface area contributed by atoms with Crippen molar-refractivity contribution in [3.05, 3.63) is 0 Å². The first-order valence-corrected chi connectivity index (χ1v) is 5.30. The molecule has 0 heterocycles. The Balaban J connectivity index is 2.34. The summed E-state index contributed by atoms with van der Waals surface area (Å²) in [6, 6.07) is 1.87. The van der Waals surface area contributed by atoms with E-state index < -0.39 is 17.4 Å². The van der Waals surface area contributed by atoms with Crippen LogP contribution in [-0.4, -0.2) is 18.5 Å². The van der Waals surface area contributed by atoms with Crippen LogP contribution < -0.4 is 0 Å². The lowest BCUT2D eigenvalue weighted by Crippen LogP contribution is -2.15. The van der Waals surface area contributed by atoms with E-state index in [9.17, 15) is 9.59 Å². The van der Waals surface area contributed by atoms with Gasteiger partial charge in [-0.1, -0.05) is 13.8 Å². The van der Waals surface area contributed by atoms with Crippen molar-refractivity contribution in [2.45, 2.75) is 26.7 Å². The molecule has 1 saturated carbocycles. The Morgan fingerprint density at radius 1 is 1.41 bits per heavy atom. The van der Waals surface area contributed by atoms with Gasteiger partial charge in [-0.25, -0.2) is 9.59 Å². The molecule has 0 spiro atoms. The van der Waals surface area contributed by atoms with E-state index in [1.54, 1.807) is 0 Å². The lowest BCUT2D eigenvalue weighted by molar-refractivity contribution is -0.140. The van der Waals surface area contributed by atoms with E-state index in [-0.39, 0.29) is 12.5 Å². The van der Waals surface area contributed by atoms with Gasteiger partial charge in [-0.2, -0.15) is 5.26 Å². The van der Waals surface area contributed by atoms with Crippen LogP contribution in [0, 0.1) is 34.7 Å². The zero-order valence-electron chi connectivity index (χ0n) is 9.78. The summed E-state index contributed by atoms with van der Waals surface area (Å²) < 4.78 is 9.26. The van der Waals surface area contributed by atoms with Gasteiger partial charge in [0.05, 0.1) is 18.6 Å². The number of carbonyl (C=O) groups is 2. The van der Waals surface area contributed by atoms with Gasteiger partial charge in [0, 0.05) is 0 Å². The van der Waals surface area contributed by atoms with Crippen LogP contribution >= 0.6 is 0 Å². The maximum atomic E-state index is 11.3. The Morgan fingerprint density at radius 3 is 2.53 bits per heavy atom. The minimum Gasteiger partial charge on any atom is -0.456 e. The molecule has 0 aromatic carbocycles. The standard InChI is InChI=1S/C12H13NO4/c1-9(2)7-17-10(14)3-6-16-11(15)12(8-13)4-5-12/h9H,4-5,7H2,1-2H3. The molecule has 0 bridgehead atoms. The predicted octanol–water partition coefficient (Wildman–Crippen LogP) is 0.993. The fourth-order valence-corrected chi connectivity index (χ4v) is 0.976. The Labute approximate surface area is 99.7 Å². The highest BCUT2D eigenvalue weighted by atomic mass is 16.5. The monoisotopic (exact) mass is 235 g/mol. The highest BCUT2D eigenvalue weighted by Crippen LogP contribution is 2.45. The minimum atomic E-state index is -1.03. The van der Waals surface area contributed by atoms with Gasteiger partial charge in [0.2, 0.25) is 0 Å². The highest BCUT2D eigenvalue weighted by Gasteiger charge is 2.52. The predicted molar refractivity (Wildman–Crippen MR) is 56.9 cm³/mol. The van der Waals surface area contributed by atoms with Gasteiger partial charge in [-0.3, -0.25) is 0 Å². The Kier molecular flexibility index (Phi) is 4.12. The van der Waals surface area contributed by atoms with E-state index in [1.165, 1.54) is 0 Å². The molecule has 5 nitrogen and oxygen atoms in total. The molecule has 1 aliphatic rings. The number of hydrogen-bond acceptors (Lipinski definition) is 5. The Hall–Kier alpha value is -2.01. The molecule has 0 atom stereocenters. The second-order valence-electron chi connectivity index (χ2n) is 4.30. The summed E-state index contributed by atoms with van der Waals surface area (Å²) >= 11 is 0. The van der Waals surface area contributed by atoms with E-state index >= 15 is 0 Å². The summed E-state index contributed by atoms with van der Waals surface area (Å²) in [7, 11) is 0. The summed E-state index contributed by atoms with van der Waals surface area (Å²) in [6.07, 6.45) is 2.94. The molecular weight excluding hydrogens is 222 g/mol. The maximum absolute atomic E-state index is 11.3. The van der Waals surface area contributed by atoms with Gasteiger partial charge in [0.25, 0.3) is 0 Å². The van der Waals surface area contributed by atoms with Crippen molar-refractivity contribution in [1.29, 1.82) is 5.26 Å². The lowest BCUT2D eigenvalue weighted by atomic mass is 10.1. The molecule has 1 aliphatic carbocycles. The summed E-state index contributed by atoms with van der Waals surface area (Å²) in [5.41, 5.74) is -1.03. The van der Waals surface area contributed by atoms with E-state index in [2.05, 4.69) is 4.74 Å². The zero-order chi connectivity index (χ0) is 12.9. The van der Waals surface area contributed by atoms with Crippen molar-refractivity contribution in [3.8, 4) is 18.1 Å². The second kappa shape index (κ2) is 5.36. The summed E-state index contributed by atoms with van der Waals surface area (Å²) in [5.74, 6) is 0.815. The molecule has 5 heteroatoms. The molecule has 1 fully saturated rings. The second-order valence-corrected chi connectivity index (χ2v) is 4.30. The van der Waals surface area contributed by atoms with E-state index in [0.717, 1.165) is 0 Å². The van der Waals surface area contributed by atoms with Crippen molar-refractivity contribution in [2.24, 2.45) is 11.3 Å². The minimum absolute atomic E-state index is 0.219. The number of esters is 2. The number of nitrogens with zero attached hydrogens (tertiary/aromatic N) is 1. The summed E-state index contributed by atoms with van der Waals surface area (Å²) in [5, 5.41) is 8.69. The van der Waals surface area contributed by atoms with E-state index in [0.29, 0.717) is 12.8 Å². The van der Waals surface area contributed by atoms with Crippen LogP contribution in [0.2, 0.25) is 0 Å². The Bertz CT molecular complexity index is 418. The molecule has 17 heavy (non-hydrogen) atoms. The van der Waals surface area contributed by atoms with E-state index in [1.807, 2.05) is 31.9 Å². The van der Waals surface area contributed by atoms with Crippen molar-refractivity contribution in [2.75, 3.05) is 6.61 Å². The summed E-state index contributed by atoms with van der Waals surface area (Å²) in [6.45, 7) is 4.05. The van der Waals surface area contributed by atoms with Crippen LogP contribution in [0.25, 0.3) is 0 Å². The average Bonchev–Trinajstić information content (AvgIpc) is 3.07. The molecule has 0 unspecified atom stereocenters. The van der Waals surface area contributed by atoms with Crippen LogP contribution in [0.1, 0.15) is 26.7 Å². The highest BCUT2D eigenvalue weighted by molar-refractivity contribution is 5.89. The molecule has 0 aromatic heterocycles. The maximum Gasteiger partial charge on any atom is 0.387 e. The fourth-order valence-electron chi connectivity index (χ4n) is 0.976. The summed E-state index contributed by atoms with van der Waals surface area (Å²) in [4.78, 5) is 22.3. The number of carbonyl (C=O) groups excluding carboxylic acids is 2. The number of nitriles is 1. The first-order valence-electron chi connectivity index (χ1n) is 5.30.